The summed E-state index contributed by atoms with van der Waals surface area (Å²) in [5.41, 5.74) is 3.01. The van der Waals surface area contributed by atoms with E-state index in [-0.39, 0.29) is 6.03 Å². The normalized spacial score (nSPS) is 13.2. The summed E-state index contributed by atoms with van der Waals surface area (Å²) in [6.45, 7) is 1.07. The minimum Gasteiger partial charge on any atom is -0.489 e. The van der Waals surface area contributed by atoms with Crippen molar-refractivity contribution in [3.8, 4) is 5.75 Å². The Morgan fingerprint density at radius 3 is 2.79 bits per heavy atom. The smallest absolute Gasteiger partial charge is 0.319 e. The van der Waals surface area contributed by atoms with Crippen molar-refractivity contribution in [1.82, 2.24) is 5.32 Å². The Balaban J connectivity index is 1.71. The molecular formula is C15H14N2O2. The summed E-state index contributed by atoms with van der Waals surface area (Å²) in [5, 5.41) is 5.49. The number of carbonyl (C=O) groups excluding carboxylic acids is 1. The summed E-state index contributed by atoms with van der Waals surface area (Å²) in [6.07, 6.45) is 0. The molecule has 3 rings (SSSR count). The van der Waals surface area contributed by atoms with Crippen molar-refractivity contribution in [1.29, 1.82) is 0 Å². The zero-order valence-corrected chi connectivity index (χ0v) is 10.3. The van der Waals surface area contributed by atoms with Crippen molar-refractivity contribution in [2.24, 2.45) is 0 Å². The molecule has 0 bridgehead atoms. The van der Waals surface area contributed by atoms with Gasteiger partial charge in [-0.15, -0.1) is 0 Å². The highest BCUT2D eigenvalue weighted by Gasteiger charge is 2.13. The molecule has 1 aliphatic rings. The average Bonchev–Trinajstić information content (AvgIpc) is 2.46. The molecular weight excluding hydrogens is 240 g/mol. The van der Waals surface area contributed by atoms with E-state index in [9.17, 15) is 4.79 Å². The van der Waals surface area contributed by atoms with Crippen LogP contribution in [0.5, 0.6) is 5.75 Å². The quantitative estimate of drug-likeness (QED) is 0.884. The van der Waals surface area contributed by atoms with Crippen LogP contribution in [0.25, 0.3) is 0 Å². The van der Waals surface area contributed by atoms with E-state index in [1.807, 2.05) is 48.5 Å². The van der Waals surface area contributed by atoms with Crippen molar-refractivity contribution in [3.63, 3.8) is 0 Å². The van der Waals surface area contributed by atoms with Gasteiger partial charge in [-0.3, -0.25) is 0 Å². The fraction of sp³-hybridized carbons (Fsp3) is 0.133. The van der Waals surface area contributed by atoms with E-state index in [2.05, 4.69) is 10.6 Å². The highest BCUT2D eigenvalue weighted by molar-refractivity contribution is 5.92. The molecule has 0 aromatic heterocycles. The lowest BCUT2D eigenvalue weighted by Gasteiger charge is -2.19. The van der Waals surface area contributed by atoms with Gasteiger partial charge in [0.2, 0.25) is 0 Å². The molecule has 0 saturated heterocycles. The largest absolute Gasteiger partial charge is 0.489 e. The predicted molar refractivity (Wildman–Crippen MR) is 73.1 cm³/mol. The monoisotopic (exact) mass is 254 g/mol. The van der Waals surface area contributed by atoms with Gasteiger partial charge in [0, 0.05) is 12.2 Å². The number of anilines is 1. The standard InChI is InChI=1S/C15H14N2O2/c18-15-16-9-12-8-13(6-7-14(12)17-15)19-10-11-4-2-1-3-5-11/h1-8H,9-10H2,(H2,16,17,18). The van der Waals surface area contributed by atoms with Crippen LogP contribution < -0.4 is 15.4 Å². The van der Waals surface area contributed by atoms with E-state index >= 15 is 0 Å². The van der Waals surface area contributed by atoms with E-state index in [4.69, 9.17) is 4.74 Å². The fourth-order valence-electron chi connectivity index (χ4n) is 2.01. The minimum absolute atomic E-state index is 0.162. The second kappa shape index (κ2) is 5.02. The topological polar surface area (TPSA) is 50.4 Å². The van der Waals surface area contributed by atoms with Crippen LogP contribution in [-0.2, 0) is 13.2 Å². The van der Waals surface area contributed by atoms with Crippen LogP contribution in [0.3, 0.4) is 0 Å². The molecule has 4 nitrogen and oxygen atoms in total. The summed E-state index contributed by atoms with van der Waals surface area (Å²) in [5.74, 6) is 0.806. The number of rotatable bonds is 3. The number of benzene rings is 2. The Morgan fingerprint density at radius 2 is 1.95 bits per heavy atom. The molecule has 0 fully saturated rings. The molecule has 0 atom stereocenters. The molecule has 4 heteroatoms. The number of amides is 2. The predicted octanol–water partition coefficient (Wildman–Crippen LogP) is 2.90. The van der Waals surface area contributed by atoms with Crippen molar-refractivity contribution in [3.05, 3.63) is 59.7 Å². The molecule has 19 heavy (non-hydrogen) atoms. The zero-order chi connectivity index (χ0) is 13.1. The first-order valence-electron chi connectivity index (χ1n) is 6.16. The van der Waals surface area contributed by atoms with Crippen LogP contribution in [0.2, 0.25) is 0 Å². The molecule has 2 N–H and O–H groups in total. The van der Waals surface area contributed by atoms with Crippen molar-refractivity contribution in [2.45, 2.75) is 13.2 Å². The Kier molecular flexibility index (Phi) is 3.06. The van der Waals surface area contributed by atoms with Gasteiger partial charge in [-0.1, -0.05) is 30.3 Å². The average molecular weight is 254 g/mol. The van der Waals surface area contributed by atoms with Gasteiger partial charge in [0.25, 0.3) is 0 Å². The molecule has 0 spiro atoms. The molecule has 0 unspecified atom stereocenters. The van der Waals surface area contributed by atoms with Gasteiger partial charge in [0.1, 0.15) is 12.4 Å². The Labute approximate surface area is 111 Å². The van der Waals surface area contributed by atoms with Gasteiger partial charge in [0.15, 0.2) is 0 Å². The van der Waals surface area contributed by atoms with E-state index in [1.54, 1.807) is 0 Å². The number of hydrogen-bond donors (Lipinski definition) is 2. The maximum Gasteiger partial charge on any atom is 0.319 e. The first-order valence-corrected chi connectivity index (χ1v) is 6.16. The van der Waals surface area contributed by atoms with Gasteiger partial charge < -0.3 is 15.4 Å². The van der Waals surface area contributed by atoms with Crippen molar-refractivity contribution in [2.75, 3.05) is 5.32 Å². The molecule has 1 heterocycles. The van der Waals surface area contributed by atoms with Gasteiger partial charge in [-0.2, -0.15) is 0 Å². The third-order valence-corrected chi connectivity index (χ3v) is 3.01. The van der Waals surface area contributed by atoms with Crippen LogP contribution in [0.1, 0.15) is 11.1 Å². The molecule has 2 aromatic rings. The summed E-state index contributed by atoms with van der Waals surface area (Å²) in [4.78, 5) is 11.2. The lowest BCUT2D eigenvalue weighted by atomic mass is 10.1. The van der Waals surface area contributed by atoms with E-state index in [1.165, 1.54) is 0 Å². The highest BCUT2D eigenvalue weighted by atomic mass is 16.5. The first-order chi connectivity index (χ1) is 9.31. The maximum absolute atomic E-state index is 11.2. The van der Waals surface area contributed by atoms with Gasteiger partial charge in [-0.05, 0) is 29.3 Å². The van der Waals surface area contributed by atoms with Crippen LogP contribution in [-0.4, -0.2) is 6.03 Å². The number of fused-ring (bicyclic) bond motifs is 1. The number of ether oxygens (including phenoxy) is 1. The third-order valence-electron chi connectivity index (χ3n) is 3.01. The first kappa shape index (κ1) is 11.6. The van der Waals surface area contributed by atoms with Crippen molar-refractivity contribution < 1.29 is 9.53 Å². The van der Waals surface area contributed by atoms with Gasteiger partial charge in [-0.25, -0.2) is 4.79 Å². The molecule has 2 aromatic carbocycles. The Hall–Kier alpha value is -2.49. The molecule has 96 valence electrons. The Morgan fingerprint density at radius 1 is 1.11 bits per heavy atom. The lowest BCUT2D eigenvalue weighted by Crippen LogP contribution is -2.33. The van der Waals surface area contributed by atoms with Crippen LogP contribution in [0.4, 0.5) is 10.5 Å². The molecule has 2 amide bonds. The van der Waals surface area contributed by atoms with E-state index in [0.717, 1.165) is 22.6 Å². The van der Waals surface area contributed by atoms with E-state index < -0.39 is 0 Å². The number of urea groups is 1. The fourth-order valence-corrected chi connectivity index (χ4v) is 2.01. The van der Waals surface area contributed by atoms with Crippen molar-refractivity contribution >= 4 is 11.7 Å². The number of carbonyl (C=O) groups is 1. The van der Waals surface area contributed by atoms with Gasteiger partial charge >= 0.3 is 6.03 Å². The lowest BCUT2D eigenvalue weighted by molar-refractivity contribution is 0.250. The minimum atomic E-state index is -0.162. The summed E-state index contributed by atoms with van der Waals surface area (Å²) < 4.78 is 5.74. The molecule has 0 radical (unpaired) electrons. The summed E-state index contributed by atoms with van der Waals surface area (Å²) in [6, 6.07) is 15.5. The molecule has 0 aliphatic carbocycles. The van der Waals surface area contributed by atoms with Crippen LogP contribution >= 0.6 is 0 Å². The zero-order valence-electron chi connectivity index (χ0n) is 10.3. The summed E-state index contributed by atoms with van der Waals surface area (Å²) in [7, 11) is 0. The SMILES string of the molecule is O=C1NCc2cc(OCc3ccccc3)ccc2N1. The number of nitrogens with one attached hydrogen (secondary N) is 2. The highest BCUT2D eigenvalue weighted by Crippen LogP contribution is 2.24. The second-order valence-corrected chi connectivity index (χ2v) is 4.40. The maximum atomic E-state index is 11.2. The Bertz CT molecular complexity index is 596. The summed E-state index contributed by atoms with van der Waals surface area (Å²) >= 11 is 0. The molecule has 1 aliphatic heterocycles. The third kappa shape index (κ3) is 2.68. The second-order valence-electron chi connectivity index (χ2n) is 4.40. The van der Waals surface area contributed by atoms with Gasteiger partial charge in [0.05, 0.1) is 0 Å². The molecule has 0 saturated carbocycles. The van der Waals surface area contributed by atoms with E-state index in [0.29, 0.717) is 13.2 Å². The van der Waals surface area contributed by atoms with Crippen LogP contribution in [0, 0.1) is 0 Å². The van der Waals surface area contributed by atoms with Crippen LogP contribution in [0.15, 0.2) is 48.5 Å². The number of hydrogen-bond acceptors (Lipinski definition) is 2.